The average molecular weight is 272 g/mol. The minimum absolute atomic E-state index is 0.258. The van der Waals surface area contributed by atoms with Crippen LogP contribution >= 0.6 is 11.6 Å². The van der Waals surface area contributed by atoms with Crippen LogP contribution in [0.25, 0.3) is 22.0 Å². The predicted molar refractivity (Wildman–Crippen MR) is 76.9 cm³/mol. The number of aryl methyl sites for hydroxylation is 1. The number of hydrogen-bond donors (Lipinski definition) is 0. The van der Waals surface area contributed by atoms with Gasteiger partial charge in [-0.1, -0.05) is 29.3 Å². The zero-order valence-corrected chi connectivity index (χ0v) is 11.1. The van der Waals surface area contributed by atoms with E-state index in [4.69, 9.17) is 11.6 Å². The van der Waals surface area contributed by atoms with E-state index in [-0.39, 0.29) is 5.82 Å². The third kappa shape index (κ3) is 2.32. The number of fused-ring (bicyclic) bond motifs is 1. The van der Waals surface area contributed by atoms with Crippen LogP contribution in [-0.2, 0) is 0 Å². The third-order valence-electron chi connectivity index (χ3n) is 3.08. The summed E-state index contributed by atoms with van der Waals surface area (Å²) in [6.07, 6.45) is 0. The van der Waals surface area contributed by atoms with Gasteiger partial charge in [0.15, 0.2) is 0 Å². The van der Waals surface area contributed by atoms with Gasteiger partial charge in [-0.05, 0) is 48.7 Å². The van der Waals surface area contributed by atoms with E-state index in [9.17, 15) is 4.39 Å². The van der Waals surface area contributed by atoms with Crippen LogP contribution in [0.5, 0.6) is 0 Å². The molecule has 19 heavy (non-hydrogen) atoms. The molecule has 0 bridgehead atoms. The monoisotopic (exact) mass is 271 g/mol. The van der Waals surface area contributed by atoms with Crippen LogP contribution in [0.2, 0.25) is 5.15 Å². The Balaban J connectivity index is 2.20. The predicted octanol–water partition coefficient (Wildman–Crippen LogP) is 5.00. The highest BCUT2D eigenvalue weighted by atomic mass is 35.5. The Morgan fingerprint density at radius 1 is 1.00 bits per heavy atom. The van der Waals surface area contributed by atoms with Crippen LogP contribution in [0.15, 0.2) is 48.5 Å². The lowest BCUT2D eigenvalue weighted by Gasteiger charge is -2.06. The van der Waals surface area contributed by atoms with Crippen LogP contribution in [0, 0.1) is 12.7 Å². The molecule has 3 heteroatoms. The van der Waals surface area contributed by atoms with Gasteiger partial charge in [-0.25, -0.2) is 9.37 Å². The first-order valence-corrected chi connectivity index (χ1v) is 6.34. The Morgan fingerprint density at radius 2 is 1.74 bits per heavy atom. The summed E-state index contributed by atoms with van der Waals surface area (Å²) < 4.78 is 12.9. The van der Waals surface area contributed by atoms with Crippen molar-refractivity contribution < 1.29 is 4.39 Å². The van der Waals surface area contributed by atoms with Gasteiger partial charge in [0.1, 0.15) is 11.0 Å². The van der Waals surface area contributed by atoms with Gasteiger partial charge in [0.05, 0.1) is 5.69 Å². The van der Waals surface area contributed by atoms with Gasteiger partial charge < -0.3 is 0 Å². The summed E-state index contributed by atoms with van der Waals surface area (Å²) in [5.41, 5.74) is 2.75. The minimum Gasteiger partial charge on any atom is -0.235 e. The fourth-order valence-corrected chi connectivity index (χ4v) is 2.34. The maximum Gasteiger partial charge on any atom is 0.137 e. The highest BCUT2D eigenvalue weighted by molar-refractivity contribution is 6.34. The summed E-state index contributed by atoms with van der Waals surface area (Å²) in [6, 6.07) is 14.3. The molecule has 0 N–H and O–H groups in total. The van der Waals surface area contributed by atoms with Crippen LogP contribution in [-0.4, -0.2) is 4.98 Å². The number of hydrogen-bond acceptors (Lipinski definition) is 1. The van der Waals surface area contributed by atoms with Gasteiger partial charge in [0.25, 0.3) is 0 Å². The van der Waals surface area contributed by atoms with Crippen molar-refractivity contribution in [2.24, 2.45) is 0 Å². The summed E-state index contributed by atoms with van der Waals surface area (Å²) in [6.45, 7) is 2.02. The number of rotatable bonds is 1. The van der Waals surface area contributed by atoms with Crippen molar-refractivity contribution in [3.63, 3.8) is 0 Å². The van der Waals surface area contributed by atoms with Gasteiger partial charge in [-0.2, -0.15) is 0 Å². The van der Waals surface area contributed by atoms with E-state index in [1.165, 1.54) is 12.1 Å². The minimum atomic E-state index is -0.258. The van der Waals surface area contributed by atoms with Crippen molar-refractivity contribution in [2.75, 3.05) is 0 Å². The van der Waals surface area contributed by atoms with Crippen LogP contribution in [0.4, 0.5) is 4.39 Å². The summed E-state index contributed by atoms with van der Waals surface area (Å²) in [5.74, 6) is -0.258. The SMILES string of the molecule is Cc1ccc2cc(-c3ccc(F)cc3)nc(Cl)c2c1. The summed E-state index contributed by atoms with van der Waals surface area (Å²) in [5, 5.41) is 2.44. The van der Waals surface area contributed by atoms with E-state index >= 15 is 0 Å². The first-order valence-electron chi connectivity index (χ1n) is 5.96. The van der Waals surface area contributed by atoms with Crippen LogP contribution < -0.4 is 0 Å². The average Bonchev–Trinajstić information content (AvgIpc) is 2.40. The van der Waals surface area contributed by atoms with Crippen molar-refractivity contribution >= 4 is 22.4 Å². The molecule has 1 aromatic heterocycles. The molecule has 0 saturated carbocycles. The molecule has 0 aliphatic rings. The second-order valence-electron chi connectivity index (χ2n) is 4.53. The fourth-order valence-electron chi connectivity index (χ4n) is 2.09. The lowest BCUT2D eigenvalue weighted by atomic mass is 10.1. The van der Waals surface area contributed by atoms with E-state index in [0.29, 0.717) is 5.15 Å². The normalized spacial score (nSPS) is 10.9. The molecule has 2 aromatic carbocycles. The van der Waals surface area contributed by atoms with Crippen molar-refractivity contribution in [3.05, 3.63) is 65.1 Å². The Labute approximate surface area is 115 Å². The Bertz CT molecular complexity index is 751. The number of nitrogens with zero attached hydrogens (tertiary/aromatic N) is 1. The molecule has 0 amide bonds. The maximum absolute atomic E-state index is 12.9. The quantitative estimate of drug-likeness (QED) is 0.567. The third-order valence-corrected chi connectivity index (χ3v) is 3.37. The summed E-state index contributed by atoms with van der Waals surface area (Å²) in [4.78, 5) is 4.39. The van der Waals surface area contributed by atoms with Crippen LogP contribution in [0.1, 0.15) is 5.56 Å². The Morgan fingerprint density at radius 3 is 2.47 bits per heavy atom. The van der Waals surface area contributed by atoms with Crippen LogP contribution in [0.3, 0.4) is 0 Å². The molecular formula is C16H11ClFN. The van der Waals surface area contributed by atoms with Crippen molar-refractivity contribution in [1.82, 2.24) is 4.98 Å². The molecule has 0 unspecified atom stereocenters. The van der Waals surface area contributed by atoms with Gasteiger partial charge in [0, 0.05) is 10.9 Å². The number of halogens is 2. The smallest absolute Gasteiger partial charge is 0.137 e. The van der Waals surface area contributed by atoms with Gasteiger partial charge in [-0.15, -0.1) is 0 Å². The molecule has 0 aliphatic carbocycles. The van der Waals surface area contributed by atoms with E-state index in [1.807, 2.05) is 31.2 Å². The number of benzene rings is 2. The lowest BCUT2D eigenvalue weighted by molar-refractivity contribution is 0.628. The zero-order valence-electron chi connectivity index (χ0n) is 10.3. The van der Waals surface area contributed by atoms with E-state index in [0.717, 1.165) is 27.6 Å². The van der Waals surface area contributed by atoms with E-state index in [1.54, 1.807) is 12.1 Å². The maximum atomic E-state index is 12.9. The van der Waals surface area contributed by atoms with Gasteiger partial charge >= 0.3 is 0 Å². The summed E-state index contributed by atoms with van der Waals surface area (Å²) >= 11 is 6.23. The number of aromatic nitrogens is 1. The highest BCUT2D eigenvalue weighted by Gasteiger charge is 2.06. The first-order chi connectivity index (χ1) is 9.13. The van der Waals surface area contributed by atoms with E-state index < -0.39 is 0 Å². The molecular weight excluding hydrogens is 261 g/mol. The second-order valence-corrected chi connectivity index (χ2v) is 4.89. The Hall–Kier alpha value is -1.93. The Kier molecular flexibility index (Phi) is 2.96. The molecule has 3 rings (SSSR count). The molecule has 0 atom stereocenters. The fraction of sp³-hybridized carbons (Fsp3) is 0.0625. The lowest BCUT2D eigenvalue weighted by Crippen LogP contribution is -1.87. The molecule has 0 spiro atoms. The van der Waals surface area contributed by atoms with E-state index in [2.05, 4.69) is 4.98 Å². The second kappa shape index (κ2) is 4.63. The highest BCUT2D eigenvalue weighted by Crippen LogP contribution is 2.28. The van der Waals surface area contributed by atoms with Crippen molar-refractivity contribution in [1.29, 1.82) is 0 Å². The number of pyridine rings is 1. The molecule has 1 nitrogen and oxygen atoms in total. The molecule has 1 heterocycles. The molecule has 0 aliphatic heterocycles. The standard InChI is InChI=1S/C16H11ClFN/c1-10-2-3-12-9-15(19-16(17)14(12)8-10)11-4-6-13(18)7-5-11/h2-9H,1H3. The largest absolute Gasteiger partial charge is 0.235 e. The summed E-state index contributed by atoms with van der Waals surface area (Å²) in [7, 11) is 0. The first kappa shape index (κ1) is 12.1. The van der Waals surface area contributed by atoms with Crippen molar-refractivity contribution in [3.8, 4) is 11.3 Å². The van der Waals surface area contributed by atoms with Gasteiger partial charge in [-0.3, -0.25) is 0 Å². The zero-order chi connectivity index (χ0) is 13.4. The molecule has 0 fully saturated rings. The molecule has 0 radical (unpaired) electrons. The molecule has 3 aromatic rings. The van der Waals surface area contributed by atoms with Gasteiger partial charge in [0.2, 0.25) is 0 Å². The van der Waals surface area contributed by atoms with Crippen molar-refractivity contribution in [2.45, 2.75) is 6.92 Å². The topological polar surface area (TPSA) is 12.9 Å². The molecule has 0 saturated heterocycles. The molecule has 94 valence electrons.